The molecule has 3 rings (SSSR count). The van der Waals surface area contributed by atoms with Crippen LogP contribution >= 0.6 is 23.1 Å². The summed E-state index contributed by atoms with van der Waals surface area (Å²) in [7, 11) is 1.25. The maximum absolute atomic E-state index is 12.9. The number of thiazole rings is 1. The Hall–Kier alpha value is -2.72. The second kappa shape index (κ2) is 12.8. The fraction of sp³-hybridized carbons (Fsp3) is 0.474. The number of quaternary nitrogens is 1. The lowest BCUT2D eigenvalue weighted by molar-refractivity contribution is -0.368. The van der Waals surface area contributed by atoms with E-state index in [1.165, 1.54) is 30.3 Å². The van der Waals surface area contributed by atoms with E-state index in [1.54, 1.807) is 0 Å². The first-order valence-corrected chi connectivity index (χ1v) is 12.3. The molecule has 1 aromatic heterocycles. The zero-order valence-corrected chi connectivity index (χ0v) is 21.1. The molecule has 0 bridgehead atoms. The molecule has 3 heterocycles. The number of fused-ring (bicyclic) bond motifs is 1. The Morgan fingerprint density at radius 2 is 2.17 bits per heavy atom. The predicted molar refractivity (Wildman–Crippen MR) is 125 cm³/mol. The average molecular weight is 548 g/mol. The van der Waals surface area contributed by atoms with Crippen LogP contribution in [0.4, 0.5) is 5.13 Å². The summed E-state index contributed by atoms with van der Waals surface area (Å²) in [5, 5.41) is 19.4. The maximum Gasteiger partial charge on any atom is 0.352 e. The first-order chi connectivity index (χ1) is 16.3. The van der Waals surface area contributed by atoms with Crippen molar-refractivity contribution in [3.05, 3.63) is 22.8 Å². The Balaban J connectivity index is 0.00000432. The lowest BCUT2D eigenvalue weighted by Gasteiger charge is -2.48. The van der Waals surface area contributed by atoms with Gasteiger partial charge >= 0.3 is 5.97 Å². The van der Waals surface area contributed by atoms with Gasteiger partial charge in [0.1, 0.15) is 29.9 Å². The van der Waals surface area contributed by atoms with Gasteiger partial charge in [-0.1, -0.05) is 5.16 Å². The van der Waals surface area contributed by atoms with Crippen molar-refractivity contribution in [1.29, 1.82) is 0 Å². The quantitative estimate of drug-likeness (QED) is 0.0783. The lowest BCUT2D eigenvalue weighted by Crippen LogP contribution is -3.00. The highest BCUT2D eigenvalue weighted by molar-refractivity contribution is 8.00. The Bertz CT molecular complexity index is 1030. The molecule has 0 unspecified atom stereocenters. The van der Waals surface area contributed by atoms with Crippen LogP contribution in [-0.2, 0) is 24.0 Å². The van der Waals surface area contributed by atoms with Gasteiger partial charge in [-0.05, 0) is 25.3 Å². The van der Waals surface area contributed by atoms with Gasteiger partial charge in [-0.2, -0.15) is 0 Å². The van der Waals surface area contributed by atoms with Gasteiger partial charge < -0.3 is 44.5 Å². The topological polar surface area (TPSA) is 204 Å². The standard InChI is InChI=1S/C19H25N7O6S2.ClH/c1-32-25-12(10-8-34-19(22-10)24-14(27)9(21)4-2-3-6-20)15(28)23-13-16(29)26-11(18(30)31)5-7-33-17(13)26;/h5,8-9,13,17H,2-4,6-7,20-21H2,1H3,(H,23,28)(H,30,31)(H,22,24,27);1H/b25-12-;/t9-,13+,17+;/m0./s1. The van der Waals surface area contributed by atoms with Gasteiger partial charge in [0.25, 0.3) is 11.8 Å². The number of unbranched alkanes of at least 4 members (excludes halogenated alkanes) is 1. The van der Waals surface area contributed by atoms with Crippen LogP contribution in [0.25, 0.3) is 0 Å². The highest BCUT2D eigenvalue weighted by atomic mass is 35.5. The van der Waals surface area contributed by atoms with Crippen LogP contribution in [0.1, 0.15) is 25.0 Å². The Morgan fingerprint density at radius 1 is 1.43 bits per heavy atom. The number of carbonyl (C=O) groups excluding carboxylic acids is 3. The number of amides is 3. The number of hydrogen-bond donors (Lipinski definition) is 5. The number of halogens is 1. The summed E-state index contributed by atoms with van der Waals surface area (Å²) >= 11 is 2.41. The molecule has 3 amide bonds. The zero-order valence-electron chi connectivity index (χ0n) is 18.7. The van der Waals surface area contributed by atoms with E-state index < -0.39 is 41.1 Å². The molecule has 35 heavy (non-hydrogen) atoms. The molecule has 16 heteroatoms. The van der Waals surface area contributed by atoms with Crippen molar-refractivity contribution >= 4 is 57.6 Å². The molecule has 2 aliphatic rings. The van der Waals surface area contributed by atoms with E-state index in [4.69, 9.17) is 10.6 Å². The van der Waals surface area contributed by atoms with Gasteiger partial charge in [-0.3, -0.25) is 19.3 Å². The second-order valence-corrected chi connectivity index (χ2v) is 9.39. The van der Waals surface area contributed by atoms with Crippen LogP contribution < -0.4 is 34.5 Å². The largest absolute Gasteiger partial charge is 1.00 e. The first-order valence-electron chi connectivity index (χ1n) is 10.4. The van der Waals surface area contributed by atoms with E-state index >= 15 is 0 Å². The summed E-state index contributed by atoms with van der Waals surface area (Å²) in [5.74, 6) is -2.45. The van der Waals surface area contributed by atoms with Crippen molar-refractivity contribution in [2.75, 3.05) is 24.7 Å². The lowest BCUT2D eigenvalue weighted by atomic mass is 10.0. The zero-order chi connectivity index (χ0) is 24.8. The fourth-order valence-corrected chi connectivity index (χ4v) is 5.25. The fourth-order valence-electron chi connectivity index (χ4n) is 3.35. The summed E-state index contributed by atoms with van der Waals surface area (Å²) < 4.78 is 0. The smallest absolute Gasteiger partial charge is 0.352 e. The molecule has 0 radical (unpaired) electrons. The molecule has 2 aliphatic heterocycles. The summed E-state index contributed by atoms with van der Waals surface area (Å²) in [6.07, 6.45) is 3.63. The normalized spacial score (nSPS) is 20.0. The van der Waals surface area contributed by atoms with Crippen LogP contribution in [-0.4, -0.2) is 81.3 Å². The van der Waals surface area contributed by atoms with Crippen LogP contribution in [0.5, 0.6) is 0 Å². The van der Waals surface area contributed by atoms with E-state index in [1.807, 2.05) is 0 Å². The van der Waals surface area contributed by atoms with Crippen molar-refractivity contribution in [1.82, 2.24) is 15.2 Å². The summed E-state index contributed by atoms with van der Waals surface area (Å²) in [5.41, 5.74) is 9.49. The average Bonchev–Trinajstić information content (AvgIpc) is 3.27. The number of aliphatic carboxylic acids is 1. The molecule has 192 valence electrons. The van der Waals surface area contributed by atoms with Gasteiger partial charge in [0, 0.05) is 11.1 Å². The molecule has 1 fully saturated rings. The molecule has 8 N–H and O–H groups in total. The third-order valence-electron chi connectivity index (χ3n) is 5.08. The summed E-state index contributed by atoms with van der Waals surface area (Å²) in [6, 6.07) is -1.61. The van der Waals surface area contributed by atoms with Crippen LogP contribution in [0.3, 0.4) is 0 Å². The second-order valence-electron chi connectivity index (χ2n) is 7.38. The number of thioether (sulfide) groups is 1. The maximum atomic E-state index is 12.9. The van der Waals surface area contributed by atoms with Gasteiger partial charge in [0.05, 0.1) is 12.6 Å². The molecule has 0 spiro atoms. The molecular formula is C19H26ClN7O6S2. The van der Waals surface area contributed by atoms with Crippen molar-refractivity contribution < 1.29 is 47.3 Å². The van der Waals surface area contributed by atoms with Crippen molar-refractivity contribution in [3.63, 3.8) is 0 Å². The van der Waals surface area contributed by atoms with Crippen LogP contribution in [0, 0.1) is 0 Å². The monoisotopic (exact) mass is 547 g/mol. The highest BCUT2D eigenvalue weighted by Gasteiger charge is 2.53. The number of carbonyl (C=O) groups is 4. The third kappa shape index (κ3) is 6.49. The van der Waals surface area contributed by atoms with E-state index in [9.17, 15) is 24.3 Å². The highest BCUT2D eigenvalue weighted by Crippen LogP contribution is 2.37. The Labute approximate surface area is 215 Å². The minimum atomic E-state index is -1.20. The number of anilines is 1. The van der Waals surface area contributed by atoms with E-state index in [2.05, 4.69) is 26.5 Å². The molecule has 0 aliphatic carbocycles. The minimum absolute atomic E-state index is 0. The van der Waals surface area contributed by atoms with Crippen molar-refractivity contribution in [2.24, 2.45) is 10.9 Å². The molecule has 3 atom stereocenters. The molecule has 1 saturated heterocycles. The van der Waals surface area contributed by atoms with Gasteiger partial charge in [-0.15, -0.1) is 23.1 Å². The first kappa shape index (κ1) is 28.5. The van der Waals surface area contributed by atoms with E-state index in [0.29, 0.717) is 12.2 Å². The number of rotatable bonds is 11. The number of oxime groups is 1. The Morgan fingerprint density at radius 3 is 2.83 bits per heavy atom. The number of aromatic nitrogens is 1. The summed E-state index contributed by atoms with van der Waals surface area (Å²) in [4.78, 5) is 59.1. The SMILES string of the molecule is CO/N=C(\C(=O)N[C@@H]1C(=O)N2C(C(=O)O)=CCS[C@H]12)c1csc(NC(=O)[C@@H](N)CCCC[NH3+])n1.[Cl-]. The van der Waals surface area contributed by atoms with Gasteiger partial charge in [0.15, 0.2) is 10.8 Å². The van der Waals surface area contributed by atoms with Gasteiger partial charge in [-0.25, -0.2) is 9.78 Å². The molecule has 13 nitrogen and oxygen atoms in total. The number of carboxylic acids is 1. The van der Waals surface area contributed by atoms with E-state index in [0.717, 1.165) is 35.6 Å². The number of nitrogens with two attached hydrogens (primary N) is 1. The molecule has 0 saturated carbocycles. The molecular weight excluding hydrogens is 522 g/mol. The number of carboxylic acid groups (broad SMARTS) is 1. The number of β-lactam (4-membered cyclic amide) rings is 1. The van der Waals surface area contributed by atoms with Gasteiger partial charge in [0.2, 0.25) is 5.91 Å². The van der Waals surface area contributed by atoms with Crippen molar-refractivity contribution in [2.45, 2.75) is 36.7 Å². The van der Waals surface area contributed by atoms with Crippen molar-refractivity contribution in [3.8, 4) is 0 Å². The van der Waals surface area contributed by atoms with Crippen LogP contribution in [0.2, 0.25) is 0 Å². The Kier molecular flexibility index (Phi) is 10.5. The summed E-state index contributed by atoms with van der Waals surface area (Å²) in [6.45, 7) is 0.773. The van der Waals surface area contributed by atoms with E-state index in [-0.39, 0.29) is 34.6 Å². The number of hydrogen-bond acceptors (Lipinski definition) is 10. The number of nitrogens with zero attached hydrogens (tertiary/aromatic N) is 3. The molecule has 0 aromatic carbocycles. The molecule has 1 aromatic rings. The number of nitrogens with one attached hydrogen (secondary N) is 2. The minimum Gasteiger partial charge on any atom is -1.00 e. The van der Waals surface area contributed by atoms with Crippen LogP contribution in [0.15, 0.2) is 22.3 Å². The third-order valence-corrected chi connectivity index (χ3v) is 7.02. The predicted octanol–water partition coefficient (Wildman–Crippen LogP) is -4.46.